The Balaban J connectivity index is 1.80. The van der Waals surface area contributed by atoms with Gasteiger partial charge in [-0.2, -0.15) is 4.98 Å². The van der Waals surface area contributed by atoms with E-state index in [4.69, 9.17) is 9.47 Å². The van der Waals surface area contributed by atoms with Crippen LogP contribution in [0.5, 0.6) is 11.8 Å². The molecule has 1 aromatic heterocycles. The summed E-state index contributed by atoms with van der Waals surface area (Å²) in [5.74, 6) is 1.16. The SMILES string of the molecule is CCOc1nc2ccc(OC)cc2n1CCNC(=O)C1CC1. The van der Waals surface area contributed by atoms with E-state index in [9.17, 15) is 4.79 Å². The highest BCUT2D eigenvalue weighted by Gasteiger charge is 2.29. The molecule has 6 heteroatoms. The summed E-state index contributed by atoms with van der Waals surface area (Å²) in [6.07, 6.45) is 2.03. The second-order valence-corrected chi connectivity index (χ2v) is 5.40. The van der Waals surface area contributed by atoms with Crippen LogP contribution in [0.1, 0.15) is 19.8 Å². The highest BCUT2D eigenvalue weighted by molar-refractivity contribution is 5.81. The largest absolute Gasteiger partial charge is 0.497 e. The van der Waals surface area contributed by atoms with Crippen molar-refractivity contribution in [3.8, 4) is 11.8 Å². The van der Waals surface area contributed by atoms with Gasteiger partial charge in [0.05, 0.1) is 24.8 Å². The lowest BCUT2D eigenvalue weighted by Gasteiger charge is -2.10. The molecule has 22 heavy (non-hydrogen) atoms. The lowest BCUT2D eigenvalue weighted by atomic mass is 10.3. The monoisotopic (exact) mass is 303 g/mol. The molecule has 1 aliphatic rings. The smallest absolute Gasteiger partial charge is 0.297 e. The van der Waals surface area contributed by atoms with E-state index >= 15 is 0 Å². The van der Waals surface area contributed by atoms with Gasteiger partial charge in [0.2, 0.25) is 5.91 Å². The molecule has 0 unspecified atom stereocenters. The maximum Gasteiger partial charge on any atom is 0.297 e. The van der Waals surface area contributed by atoms with Gasteiger partial charge in [-0.25, -0.2) is 0 Å². The van der Waals surface area contributed by atoms with Crippen LogP contribution in [-0.2, 0) is 11.3 Å². The Labute approximate surface area is 129 Å². The first-order valence-electron chi connectivity index (χ1n) is 7.67. The van der Waals surface area contributed by atoms with Crippen LogP contribution in [0.15, 0.2) is 18.2 Å². The number of methoxy groups -OCH3 is 1. The molecule has 0 radical (unpaired) electrons. The lowest BCUT2D eigenvalue weighted by molar-refractivity contribution is -0.122. The number of hydrogen-bond acceptors (Lipinski definition) is 4. The summed E-state index contributed by atoms with van der Waals surface area (Å²) < 4.78 is 12.9. The molecule has 1 N–H and O–H groups in total. The minimum atomic E-state index is 0.153. The number of rotatable bonds is 7. The van der Waals surface area contributed by atoms with Gasteiger partial charge >= 0.3 is 0 Å². The van der Waals surface area contributed by atoms with Crippen molar-refractivity contribution in [3.63, 3.8) is 0 Å². The van der Waals surface area contributed by atoms with Gasteiger partial charge in [0.15, 0.2) is 0 Å². The fourth-order valence-electron chi connectivity index (χ4n) is 2.44. The second kappa shape index (κ2) is 6.25. The summed E-state index contributed by atoms with van der Waals surface area (Å²) in [5.41, 5.74) is 1.81. The van der Waals surface area contributed by atoms with Crippen molar-refractivity contribution < 1.29 is 14.3 Å². The van der Waals surface area contributed by atoms with E-state index < -0.39 is 0 Å². The van der Waals surface area contributed by atoms with E-state index in [-0.39, 0.29) is 11.8 Å². The first-order chi connectivity index (χ1) is 10.7. The molecule has 0 spiro atoms. The van der Waals surface area contributed by atoms with Crippen molar-refractivity contribution in [1.82, 2.24) is 14.9 Å². The summed E-state index contributed by atoms with van der Waals surface area (Å²) in [4.78, 5) is 16.2. The van der Waals surface area contributed by atoms with Crippen molar-refractivity contribution in [2.24, 2.45) is 5.92 Å². The van der Waals surface area contributed by atoms with Gasteiger partial charge < -0.3 is 14.8 Å². The maximum atomic E-state index is 11.7. The number of nitrogens with one attached hydrogen (secondary N) is 1. The molecule has 1 heterocycles. The Bertz CT molecular complexity index is 677. The van der Waals surface area contributed by atoms with E-state index in [1.807, 2.05) is 29.7 Å². The normalized spacial score (nSPS) is 14.1. The average molecular weight is 303 g/mol. The Morgan fingerprint density at radius 2 is 2.27 bits per heavy atom. The van der Waals surface area contributed by atoms with Crippen LogP contribution >= 0.6 is 0 Å². The molecule has 118 valence electrons. The predicted molar refractivity (Wildman–Crippen MR) is 83.2 cm³/mol. The molecule has 1 amide bonds. The summed E-state index contributed by atoms with van der Waals surface area (Å²) in [7, 11) is 1.64. The first kappa shape index (κ1) is 14.7. The number of fused-ring (bicyclic) bond motifs is 1. The highest BCUT2D eigenvalue weighted by atomic mass is 16.5. The van der Waals surface area contributed by atoms with Crippen molar-refractivity contribution in [2.45, 2.75) is 26.3 Å². The summed E-state index contributed by atoms with van der Waals surface area (Å²) in [6, 6.07) is 6.31. The number of carbonyl (C=O) groups is 1. The van der Waals surface area contributed by atoms with E-state index in [0.29, 0.717) is 25.7 Å². The Morgan fingerprint density at radius 3 is 2.95 bits per heavy atom. The molecule has 3 rings (SSSR count). The van der Waals surface area contributed by atoms with Crippen LogP contribution in [0.4, 0.5) is 0 Å². The van der Waals surface area contributed by atoms with Gasteiger partial charge in [-0.1, -0.05) is 0 Å². The molecule has 1 aliphatic carbocycles. The molecule has 1 aromatic carbocycles. The molecule has 0 saturated heterocycles. The molecular weight excluding hydrogens is 282 g/mol. The quantitative estimate of drug-likeness (QED) is 0.849. The lowest BCUT2D eigenvalue weighted by Crippen LogP contribution is -2.28. The molecule has 0 atom stereocenters. The summed E-state index contributed by atoms with van der Waals surface area (Å²) >= 11 is 0. The molecule has 1 fully saturated rings. The molecule has 0 bridgehead atoms. The number of nitrogens with zero attached hydrogens (tertiary/aromatic N) is 2. The molecule has 6 nitrogen and oxygen atoms in total. The van der Waals surface area contributed by atoms with Crippen molar-refractivity contribution >= 4 is 16.9 Å². The number of hydrogen-bond donors (Lipinski definition) is 1. The zero-order valence-corrected chi connectivity index (χ0v) is 13.0. The third-order valence-corrected chi connectivity index (χ3v) is 3.78. The van der Waals surface area contributed by atoms with E-state index in [0.717, 1.165) is 29.6 Å². The Hall–Kier alpha value is -2.24. The third kappa shape index (κ3) is 3.00. The average Bonchev–Trinajstić information content (AvgIpc) is 3.32. The van der Waals surface area contributed by atoms with Crippen LogP contribution in [-0.4, -0.2) is 35.7 Å². The predicted octanol–water partition coefficient (Wildman–Crippen LogP) is 1.97. The van der Waals surface area contributed by atoms with Crippen molar-refractivity contribution in [2.75, 3.05) is 20.3 Å². The van der Waals surface area contributed by atoms with Crippen LogP contribution in [0, 0.1) is 5.92 Å². The number of benzene rings is 1. The Kier molecular flexibility index (Phi) is 4.18. The number of imidazole rings is 1. The maximum absolute atomic E-state index is 11.7. The van der Waals surface area contributed by atoms with Crippen LogP contribution in [0.3, 0.4) is 0 Å². The Morgan fingerprint density at radius 1 is 1.45 bits per heavy atom. The number of aromatic nitrogens is 2. The zero-order chi connectivity index (χ0) is 15.5. The minimum Gasteiger partial charge on any atom is -0.497 e. The molecule has 0 aliphatic heterocycles. The summed E-state index contributed by atoms with van der Waals surface area (Å²) in [6.45, 7) is 3.67. The topological polar surface area (TPSA) is 65.4 Å². The van der Waals surface area contributed by atoms with Gasteiger partial charge in [0.25, 0.3) is 6.01 Å². The van der Waals surface area contributed by atoms with E-state index in [1.54, 1.807) is 7.11 Å². The number of ether oxygens (including phenoxy) is 2. The molecular formula is C16H21N3O3. The third-order valence-electron chi connectivity index (χ3n) is 3.78. The standard InChI is InChI=1S/C16H21N3O3/c1-3-22-16-18-13-7-6-12(21-2)10-14(13)19(16)9-8-17-15(20)11-4-5-11/h6-7,10-11H,3-5,8-9H2,1-2H3,(H,17,20). The van der Waals surface area contributed by atoms with E-state index in [1.165, 1.54) is 0 Å². The fourth-order valence-corrected chi connectivity index (χ4v) is 2.44. The molecule has 2 aromatic rings. The van der Waals surface area contributed by atoms with Gasteiger partial charge in [0.1, 0.15) is 5.75 Å². The number of amides is 1. The highest BCUT2D eigenvalue weighted by Crippen LogP contribution is 2.29. The summed E-state index contributed by atoms with van der Waals surface area (Å²) in [5, 5.41) is 2.97. The van der Waals surface area contributed by atoms with Crippen LogP contribution < -0.4 is 14.8 Å². The van der Waals surface area contributed by atoms with E-state index in [2.05, 4.69) is 10.3 Å². The van der Waals surface area contributed by atoms with Crippen LogP contribution in [0.25, 0.3) is 11.0 Å². The second-order valence-electron chi connectivity index (χ2n) is 5.40. The van der Waals surface area contributed by atoms with Crippen LogP contribution in [0.2, 0.25) is 0 Å². The number of carbonyl (C=O) groups excluding carboxylic acids is 1. The zero-order valence-electron chi connectivity index (χ0n) is 13.0. The fraction of sp³-hybridized carbons (Fsp3) is 0.500. The van der Waals surface area contributed by atoms with Gasteiger partial charge in [-0.3, -0.25) is 9.36 Å². The molecule has 1 saturated carbocycles. The van der Waals surface area contributed by atoms with Crippen molar-refractivity contribution in [1.29, 1.82) is 0 Å². The van der Waals surface area contributed by atoms with Crippen molar-refractivity contribution in [3.05, 3.63) is 18.2 Å². The minimum absolute atomic E-state index is 0.153. The first-order valence-corrected chi connectivity index (χ1v) is 7.67. The van der Waals surface area contributed by atoms with Gasteiger partial charge in [-0.15, -0.1) is 0 Å². The van der Waals surface area contributed by atoms with Gasteiger partial charge in [0, 0.05) is 25.1 Å². The van der Waals surface area contributed by atoms with Gasteiger partial charge in [-0.05, 0) is 31.9 Å².